The summed E-state index contributed by atoms with van der Waals surface area (Å²) in [5, 5.41) is 0. The average molecular weight is 362 g/mol. The minimum absolute atomic E-state index is 0.472. The van der Waals surface area contributed by atoms with Gasteiger partial charge >= 0.3 is 0 Å². The summed E-state index contributed by atoms with van der Waals surface area (Å²) in [6, 6.07) is 20.8. The van der Waals surface area contributed by atoms with Crippen molar-refractivity contribution in [3.63, 3.8) is 0 Å². The Morgan fingerprint density at radius 2 is 1.52 bits per heavy atom. The fourth-order valence-corrected chi connectivity index (χ4v) is 2.41. The van der Waals surface area contributed by atoms with E-state index in [-0.39, 0.29) is 0 Å². The second-order valence-electron chi connectivity index (χ2n) is 6.02. The highest BCUT2D eigenvalue weighted by Gasteiger charge is 2.03. The fraction of sp³-hybridized carbons (Fsp3) is 0.0909. The van der Waals surface area contributed by atoms with Crippen LogP contribution in [0.1, 0.15) is 11.1 Å². The minimum atomic E-state index is 0.472. The van der Waals surface area contributed by atoms with E-state index in [9.17, 15) is 0 Å². The van der Waals surface area contributed by atoms with E-state index >= 15 is 0 Å². The molecule has 0 atom stereocenters. The summed E-state index contributed by atoms with van der Waals surface area (Å²) in [4.78, 5) is 0. The van der Waals surface area contributed by atoms with E-state index in [2.05, 4.69) is 0 Å². The molecule has 0 aliphatic heterocycles. The second kappa shape index (κ2) is 8.67. The summed E-state index contributed by atoms with van der Waals surface area (Å²) >= 11 is 0. The van der Waals surface area contributed by atoms with Gasteiger partial charge in [-0.1, -0.05) is 36.4 Å². The number of aryl methyl sites for hydroxylation is 1. The summed E-state index contributed by atoms with van der Waals surface area (Å²) in [6.07, 6.45) is 2.84. The quantitative estimate of drug-likeness (QED) is 0.472. The lowest BCUT2D eigenvalue weighted by molar-refractivity contribution is 0.306. The van der Waals surface area contributed by atoms with Gasteiger partial charge in [-0.15, -0.1) is 0 Å². The molecule has 0 amide bonds. The van der Waals surface area contributed by atoms with Gasteiger partial charge in [-0.25, -0.2) is 0 Å². The smallest absolute Gasteiger partial charge is 0.149 e. The highest BCUT2D eigenvalue weighted by Crippen LogP contribution is 2.27. The second-order valence-corrected chi connectivity index (χ2v) is 6.02. The van der Waals surface area contributed by atoms with Crippen LogP contribution in [-0.4, -0.2) is 0 Å². The summed E-state index contributed by atoms with van der Waals surface area (Å²) in [6.45, 7) is 2.45. The van der Waals surface area contributed by atoms with Crippen molar-refractivity contribution in [1.82, 2.24) is 0 Å². The lowest BCUT2D eigenvalue weighted by Gasteiger charge is -2.10. The molecule has 27 heavy (non-hydrogen) atoms. The zero-order valence-electron chi connectivity index (χ0n) is 15.1. The molecule has 0 unspecified atom stereocenters. The molecule has 0 heterocycles. The molecule has 0 aliphatic carbocycles. The Morgan fingerprint density at radius 1 is 0.778 bits per heavy atom. The van der Waals surface area contributed by atoms with Crippen LogP contribution in [0.4, 0.5) is 11.4 Å². The summed E-state index contributed by atoms with van der Waals surface area (Å²) in [5.41, 5.74) is 15.1. The first-order valence-electron chi connectivity index (χ1n) is 8.52. The molecule has 0 saturated heterocycles. The van der Waals surface area contributed by atoms with Gasteiger partial charge in [0, 0.05) is 6.07 Å². The molecule has 0 aromatic heterocycles. The lowest BCUT2D eigenvalue weighted by Crippen LogP contribution is -1.97. The summed E-state index contributed by atoms with van der Waals surface area (Å²) in [7, 11) is 0. The Hall–Kier alpha value is -3.60. The maximum absolute atomic E-state index is 6.03. The summed E-state index contributed by atoms with van der Waals surface area (Å²) < 4.78 is 16.8. The van der Waals surface area contributed by atoms with E-state index in [4.69, 9.17) is 25.7 Å². The first-order valence-corrected chi connectivity index (χ1v) is 8.52. The minimum Gasteiger partial charge on any atom is -0.489 e. The Morgan fingerprint density at radius 3 is 2.26 bits per heavy atom. The van der Waals surface area contributed by atoms with E-state index in [0.717, 1.165) is 11.1 Å². The number of rotatable bonds is 7. The van der Waals surface area contributed by atoms with Crippen molar-refractivity contribution in [3.05, 3.63) is 90.4 Å². The predicted molar refractivity (Wildman–Crippen MR) is 108 cm³/mol. The predicted octanol–water partition coefficient (Wildman–Crippen LogP) is 4.67. The molecule has 0 spiro atoms. The summed E-state index contributed by atoms with van der Waals surface area (Å²) in [5.74, 6) is 1.77. The van der Waals surface area contributed by atoms with Crippen molar-refractivity contribution >= 4 is 11.4 Å². The maximum Gasteiger partial charge on any atom is 0.149 e. The van der Waals surface area contributed by atoms with Gasteiger partial charge in [0.25, 0.3) is 0 Å². The van der Waals surface area contributed by atoms with Crippen LogP contribution in [-0.2, 0) is 6.61 Å². The molecule has 3 rings (SSSR count). The number of ether oxygens (including phenoxy) is 3. The van der Waals surface area contributed by atoms with Crippen molar-refractivity contribution in [3.8, 4) is 17.2 Å². The molecule has 0 bridgehead atoms. The van der Waals surface area contributed by atoms with Gasteiger partial charge < -0.3 is 25.7 Å². The van der Waals surface area contributed by atoms with Gasteiger partial charge in [0.05, 0.1) is 11.4 Å². The van der Waals surface area contributed by atoms with Gasteiger partial charge in [-0.2, -0.15) is 0 Å². The van der Waals surface area contributed by atoms with Crippen molar-refractivity contribution in [1.29, 1.82) is 0 Å². The third-order valence-corrected chi connectivity index (χ3v) is 3.84. The third kappa shape index (κ3) is 5.19. The molecule has 5 heteroatoms. The topological polar surface area (TPSA) is 79.7 Å². The van der Waals surface area contributed by atoms with Crippen LogP contribution in [0.2, 0.25) is 0 Å². The van der Waals surface area contributed by atoms with Crippen LogP contribution < -0.4 is 25.7 Å². The van der Waals surface area contributed by atoms with Crippen LogP contribution in [0.5, 0.6) is 17.2 Å². The molecular formula is C22H22N2O3. The van der Waals surface area contributed by atoms with Gasteiger partial charge in [0.2, 0.25) is 0 Å². The normalized spacial score (nSPS) is 10.7. The van der Waals surface area contributed by atoms with E-state index in [1.807, 2.05) is 55.5 Å². The maximum atomic E-state index is 6.03. The molecule has 0 aliphatic rings. The van der Waals surface area contributed by atoms with E-state index in [1.165, 1.54) is 12.5 Å². The Kier molecular flexibility index (Phi) is 5.84. The van der Waals surface area contributed by atoms with Crippen LogP contribution in [0.15, 0.2) is 79.3 Å². The molecule has 0 fully saturated rings. The van der Waals surface area contributed by atoms with Gasteiger partial charge in [0.1, 0.15) is 36.4 Å². The average Bonchev–Trinajstić information content (AvgIpc) is 2.68. The first-order chi connectivity index (χ1) is 13.1. The van der Waals surface area contributed by atoms with Crippen molar-refractivity contribution in [2.45, 2.75) is 13.5 Å². The van der Waals surface area contributed by atoms with Crippen molar-refractivity contribution in [2.75, 3.05) is 11.5 Å². The zero-order valence-corrected chi connectivity index (χ0v) is 15.1. The van der Waals surface area contributed by atoms with E-state index < -0.39 is 0 Å². The number of hydrogen-bond donors (Lipinski definition) is 2. The van der Waals surface area contributed by atoms with Gasteiger partial charge in [0.15, 0.2) is 0 Å². The molecule has 4 N–H and O–H groups in total. The fourth-order valence-electron chi connectivity index (χ4n) is 2.41. The molecule has 3 aromatic rings. The lowest BCUT2D eigenvalue weighted by atomic mass is 10.2. The van der Waals surface area contributed by atoms with E-state index in [1.54, 1.807) is 18.2 Å². The van der Waals surface area contributed by atoms with Gasteiger partial charge in [-0.3, -0.25) is 0 Å². The largest absolute Gasteiger partial charge is 0.489 e. The van der Waals surface area contributed by atoms with Crippen molar-refractivity contribution < 1.29 is 14.2 Å². The Balaban J connectivity index is 1.55. The number of benzene rings is 3. The third-order valence-electron chi connectivity index (χ3n) is 3.84. The highest BCUT2D eigenvalue weighted by molar-refractivity contribution is 5.56. The Labute approximate surface area is 158 Å². The Bertz CT molecular complexity index is 924. The monoisotopic (exact) mass is 362 g/mol. The standard InChI is InChI=1S/C22H22N2O3/c1-16-7-9-19(23)22(13-16)26-12-11-25-21-10-8-18(14-20(21)24)27-15-17-5-3-2-4-6-17/h2-14H,15,23-24H2,1H3. The molecular weight excluding hydrogens is 340 g/mol. The zero-order chi connectivity index (χ0) is 19.1. The molecule has 3 aromatic carbocycles. The molecule has 138 valence electrons. The molecule has 0 saturated carbocycles. The number of anilines is 2. The highest BCUT2D eigenvalue weighted by atomic mass is 16.5. The first kappa shape index (κ1) is 18.2. The SMILES string of the molecule is Cc1ccc(N)c(OC=COc2ccc(OCc3ccccc3)cc2N)c1. The number of hydrogen-bond acceptors (Lipinski definition) is 5. The van der Waals surface area contributed by atoms with Crippen LogP contribution in [0.3, 0.4) is 0 Å². The van der Waals surface area contributed by atoms with Crippen LogP contribution in [0.25, 0.3) is 0 Å². The number of nitrogens with two attached hydrogens (primary N) is 2. The van der Waals surface area contributed by atoms with Gasteiger partial charge in [-0.05, 0) is 42.3 Å². The molecule has 5 nitrogen and oxygen atoms in total. The van der Waals surface area contributed by atoms with E-state index in [0.29, 0.717) is 35.2 Å². The van der Waals surface area contributed by atoms with Crippen LogP contribution >= 0.6 is 0 Å². The van der Waals surface area contributed by atoms with Crippen LogP contribution in [0, 0.1) is 6.92 Å². The van der Waals surface area contributed by atoms with Crippen molar-refractivity contribution in [2.24, 2.45) is 0 Å². The number of nitrogen functional groups attached to an aromatic ring is 2. The molecule has 0 radical (unpaired) electrons.